The first-order valence-electron chi connectivity index (χ1n) is 5.81. The quantitative estimate of drug-likeness (QED) is 0.568. The highest BCUT2D eigenvalue weighted by molar-refractivity contribution is 5.43. The van der Waals surface area contributed by atoms with Crippen LogP contribution in [-0.2, 0) is 9.57 Å². The smallest absolute Gasteiger partial charge is 0.161 e. The second-order valence-electron chi connectivity index (χ2n) is 3.80. The van der Waals surface area contributed by atoms with Crippen LogP contribution < -0.4 is 15.0 Å². The first-order chi connectivity index (χ1) is 8.72. The summed E-state index contributed by atoms with van der Waals surface area (Å²) < 4.78 is 15.3. The van der Waals surface area contributed by atoms with E-state index in [9.17, 15) is 0 Å². The number of ether oxygens (including phenoxy) is 3. The van der Waals surface area contributed by atoms with Crippen LogP contribution in [0, 0.1) is 0 Å². The number of benzene rings is 1. The third-order valence-electron chi connectivity index (χ3n) is 2.56. The molecule has 0 aliphatic carbocycles. The van der Waals surface area contributed by atoms with E-state index in [2.05, 4.69) is 5.48 Å². The molecule has 1 rings (SSSR count). The molecule has 0 aliphatic heterocycles. The van der Waals surface area contributed by atoms with Gasteiger partial charge in [0.05, 0.1) is 33.5 Å². The molecule has 0 saturated heterocycles. The highest BCUT2D eigenvalue weighted by Gasteiger charge is 2.09. The van der Waals surface area contributed by atoms with E-state index in [1.807, 2.05) is 25.1 Å². The molecule has 0 spiro atoms. The van der Waals surface area contributed by atoms with Crippen molar-refractivity contribution in [2.45, 2.75) is 13.0 Å². The van der Waals surface area contributed by atoms with Gasteiger partial charge in [0.25, 0.3) is 0 Å². The second kappa shape index (κ2) is 7.92. The summed E-state index contributed by atoms with van der Waals surface area (Å²) in [6.07, 6.45) is 0. The first-order valence-corrected chi connectivity index (χ1v) is 5.81. The number of hydrogen-bond acceptors (Lipinski definition) is 5. The third kappa shape index (κ3) is 4.18. The van der Waals surface area contributed by atoms with Crippen molar-refractivity contribution >= 4 is 0 Å². The zero-order valence-corrected chi connectivity index (χ0v) is 11.4. The lowest BCUT2D eigenvalue weighted by atomic mass is 10.1. The van der Waals surface area contributed by atoms with E-state index in [4.69, 9.17) is 19.0 Å². The monoisotopic (exact) mass is 255 g/mol. The SMILES string of the molecule is COCCONC(C)c1ccc(OC)c(OC)c1. The Morgan fingerprint density at radius 3 is 2.39 bits per heavy atom. The molecule has 5 heteroatoms. The van der Waals surface area contributed by atoms with Gasteiger partial charge in [-0.2, -0.15) is 5.48 Å². The van der Waals surface area contributed by atoms with Crippen LogP contribution in [0.2, 0.25) is 0 Å². The van der Waals surface area contributed by atoms with Crippen LogP contribution in [0.1, 0.15) is 18.5 Å². The van der Waals surface area contributed by atoms with Crippen LogP contribution in [0.25, 0.3) is 0 Å². The molecular formula is C13H21NO4. The zero-order chi connectivity index (χ0) is 13.4. The minimum absolute atomic E-state index is 0.0571. The third-order valence-corrected chi connectivity index (χ3v) is 2.56. The molecule has 0 amide bonds. The largest absolute Gasteiger partial charge is 0.493 e. The summed E-state index contributed by atoms with van der Waals surface area (Å²) in [5, 5.41) is 0. The van der Waals surface area contributed by atoms with Gasteiger partial charge >= 0.3 is 0 Å². The average molecular weight is 255 g/mol. The number of hydroxylamine groups is 1. The van der Waals surface area contributed by atoms with Crippen molar-refractivity contribution in [1.29, 1.82) is 0 Å². The molecule has 1 atom stereocenters. The summed E-state index contributed by atoms with van der Waals surface area (Å²) in [5.41, 5.74) is 4.01. The lowest BCUT2D eigenvalue weighted by Crippen LogP contribution is -2.21. The Bertz CT molecular complexity index is 357. The van der Waals surface area contributed by atoms with Crippen LogP contribution in [0.3, 0.4) is 0 Å². The molecule has 18 heavy (non-hydrogen) atoms. The summed E-state index contributed by atoms with van der Waals surface area (Å²) in [5.74, 6) is 1.43. The van der Waals surface area contributed by atoms with Gasteiger partial charge in [-0.15, -0.1) is 0 Å². The normalized spacial score (nSPS) is 12.2. The Morgan fingerprint density at radius 1 is 1.06 bits per heavy atom. The van der Waals surface area contributed by atoms with Crippen LogP contribution in [0.5, 0.6) is 11.5 Å². The minimum Gasteiger partial charge on any atom is -0.493 e. The number of nitrogens with one attached hydrogen (secondary N) is 1. The molecule has 1 N–H and O–H groups in total. The lowest BCUT2D eigenvalue weighted by Gasteiger charge is -2.16. The standard InChI is InChI=1S/C13H21NO4/c1-10(14-18-8-7-15-2)11-5-6-12(16-3)13(9-11)17-4/h5-6,9-10,14H,7-8H2,1-4H3. The lowest BCUT2D eigenvalue weighted by molar-refractivity contribution is -0.00927. The molecule has 0 radical (unpaired) electrons. The van der Waals surface area contributed by atoms with E-state index in [-0.39, 0.29) is 6.04 Å². The zero-order valence-electron chi connectivity index (χ0n) is 11.4. The van der Waals surface area contributed by atoms with Crippen molar-refractivity contribution in [1.82, 2.24) is 5.48 Å². The molecule has 0 fully saturated rings. The number of methoxy groups -OCH3 is 3. The van der Waals surface area contributed by atoms with Gasteiger partial charge in [0.15, 0.2) is 11.5 Å². The molecule has 1 aromatic rings. The Balaban J connectivity index is 2.59. The fourth-order valence-corrected chi connectivity index (χ4v) is 1.50. The molecule has 0 aromatic heterocycles. The van der Waals surface area contributed by atoms with Gasteiger partial charge in [0.2, 0.25) is 0 Å². The molecule has 0 heterocycles. The minimum atomic E-state index is 0.0571. The van der Waals surface area contributed by atoms with Crippen molar-refractivity contribution in [3.63, 3.8) is 0 Å². The van der Waals surface area contributed by atoms with Gasteiger partial charge in [-0.05, 0) is 24.6 Å². The van der Waals surface area contributed by atoms with Crippen molar-refractivity contribution in [3.05, 3.63) is 23.8 Å². The summed E-state index contributed by atoms with van der Waals surface area (Å²) in [6.45, 7) is 3.08. The molecule has 0 bridgehead atoms. The maximum atomic E-state index is 5.27. The van der Waals surface area contributed by atoms with Crippen LogP contribution >= 0.6 is 0 Å². The highest BCUT2D eigenvalue weighted by Crippen LogP contribution is 2.29. The van der Waals surface area contributed by atoms with Crippen molar-refractivity contribution in [2.75, 3.05) is 34.5 Å². The van der Waals surface area contributed by atoms with E-state index < -0.39 is 0 Å². The maximum absolute atomic E-state index is 5.27. The van der Waals surface area contributed by atoms with Crippen molar-refractivity contribution in [3.8, 4) is 11.5 Å². The van der Waals surface area contributed by atoms with Gasteiger partial charge in [-0.1, -0.05) is 6.07 Å². The van der Waals surface area contributed by atoms with Gasteiger partial charge in [-0.3, -0.25) is 4.84 Å². The van der Waals surface area contributed by atoms with Crippen molar-refractivity contribution in [2.24, 2.45) is 0 Å². The summed E-state index contributed by atoms with van der Waals surface area (Å²) >= 11 is 0. The summed E-state index contributed by atoms with van der Waals surface area (Å²) in [7, 11) is 4.88. The Kier molecular flexibility index (Phi) is 6.49. The van der Waals surface area contributed by atoms with Gasteiger partial charge < -0.3 is 14.2 Å². The van der Waals surface area contributed by atoms with Crippen molar-refractivity contribution < 1.29 is 19.0 Å². The number of rotatable bonds is 8. The molecule has 1 aromatic carbocycles. The molecule has 0 saturated carbocycles. The first kappa shape index (κ1) is 14.8. The predicted molar refractivity (Wildman–Crippen MR) is 68.9 cm³/mol. The summed E-state index contributed by atoms with van der Waals surface area (Å²) in [6, 6.07) is 5.83. The van der Waals surface area contributed by atoms with Gasteiger partial charge in [0.1, 0.15) is 0 Å². The van der Waals surface area contributed by atoms with Gasteiger partial charge in [0, 0.05) is 7.11 Å². The van der Waals surface area contributed by atoms with E-state index in [1.54, 1.807) is 21.3 Å². The molecule has 0 aliphatic rings. The highest BCUT2D eigenvalue weighted by atomic mass is 16.7. The topological polar surface area (TPSA) is 49.0 Å². The Morgan fingerprint density at radius 2 is 1.78 bits per heavy atom. The van der Waals surface area contributed by atoms with Crippen LogP contribution in [-0.4, -0.2) is 34.5 Å². The van der Waals surface area contributed by atoms with E-state index in [0.29, 0.717) is 24.7 Å². The Labute approximate surface area is 108 Å². The molecule has 5 nitrogen and oxygen atoms in total. The van der Waals surface area contributed by atoms with E-state index >= 15 is 0 Å². The van der Waals surface area contributed by atoms with Crippen LogP contribution in [0.4, 0.5) is 0 Å². The Hall–Kier alpha value is -1.30. The predicted octanol–water partition coefficient (Wildman–Crippen LogP) is 1.93. The van der Waals surface area contributed by atoms with E-state index in [1.165, 1.54) is 0 Å². The van der Waals surface area contributed by atoms with Crippen LogP contribution in [0.15, 0.2) is 18.2 Å². The van der Waals surface area contributed by atoms with Gasteiger partial charge in [-0.25, -0.2) is 0 Å². The number of hydrogen-bond donors (Lipinski definition) is 1. The fraction of sp³-hybridized carbons (Fsp3) is 0.538. The average Bonchev–Trinajstić information content (AvgIpc) is 2.42. The maximum Gasteiger partial charge on any atom is 0.161 e. The molecule has 1 unspecified atom stereocenters. The fourth-order valence-electron chi connectivity index (χ4n) is 1.50. The van der Waals surface area contributed by atoms with E-state index in [0.717, 1.165) is 5.56 Å². The molecule has 102 valence electrons. The second-order valence-corrected chi connectivity index (χ2v) is 3.80. The summed E-state index contributed by atoms with van der Waals surface area (Å²) in [4.78, 5) is 5.27. The molecular weight excluding hydrogens is 234 g/mol.